The fraction of sp³-hybridized carbons (Fsp3) is 0.364. The molecular weight excluding hydrogens is 386 g/mol. The quantitative estimate of drug-likeness (QED) is 0.489. The summed E-state index contributed by atoms with van der Waals surface area (Å²) in [6.07, 6.45) is 1.51. The lowest BCUT2D eigenvalue weighted by Crippen LogP contribution is -2.49. The molecule has 0 aliphatic carbocycles. The third-order valence-electron chi connectivity index (χ3n) is 4.96. The number of oxime groups is 1. The van der Waals surface area contributed by atoms with Gasteiger partial charge in [0.25, 0.3) is 5.91 Å². The minimum atomic E-state index is -0.106. The number of piperazine rings is 1. The third-order valence-corrected chi connectivity index (χ3v) is 4.96. The summed E-state index contributed by atoms with van der Waals surface area (Å²) in [4.78, 5) is 21.7. The summed E-state index contributed by atoms with van der Waals surface area (Å²) in [5.41, 5.74) is 1.83. The van der Waals surface area contributed by atoms with Crippen molar-refractivity contribution in [2.45, 2.75) is 0 Å². The van der Waals surface area contributed by atoms with Crippen molar-refractivity contribution in [3.05, 3.63) is 48.0 Å². The Hall–Kier alpha value is -3.42. The molecule has 1 heterocycles. The highest BCUT2D eigenvalue weighted by Crippen LogP contribution is 2.29. The summed E-state index contributed by atoms with van der Waals surface area (Å²) in [7, 11) is 4.78. The highest BCUT2D eigenvalue weighted by Gasteiger charge is 2.21. The smallest absolute Gasteiger partial charge is 0.263 e. The molecule has 2 aromatic carbocycles. The number of hydrogen-bond acceptors (Lipinski definition) is 7. The second-order valence-corrected chi connectivity index (χ2v) is 6.66. The number of para-hydroxylation sites is 1. The Kier molecular flexibility index (Phi) is 7.37. The summed E-state index contributed by atoms with van der Waals surface area (Å²) in [5.74, 6) is 1.91. The van der Waals surface area contributed by atoms with Gasteiger partial charge in [0.15, 0.2) is 18.1 Å². The summed E-state index contributed by atoms with van der Waals surface area (Å²) < 4.78 is 15.8. The van der Waals surface area contributed by atoms with Crippen LogP contribution in [0.15, 0.2) is 47.6 Å². The Balaban J connectivity index is 1.46. The molecule has 1 aliphatic rings. The molecular formula is C22H27N3O5. The Morgan fingerprint density at radius 2 is 1.70 bits per heavy atom. The summed E-state index contributed by atoms with van der Waals surface area (Å²) in [6, 6.07) is 13.4. The SMILES string of the molecule is COc1ccc(N2CCN(C(=O)CO/N=C\c3cccc(OC)c3OC)CC2)cc1. The van der Waals surface area contributed by atoms with Crippen molar-refractivity contribution in [3.63, 3.8) is 0 Å². The van der Waals surface area contributed by atoms with E-state index in [4.69, 9.17) is 19.0 Å². The Bertz CT molecular complexity index is 862. The normalized spacial score (nSPS) is 14.0. The van der Waals surface area contributed by atoms with Gasteiger partial charge < -0.3 is 28.8 Å². The van der Waals surface area contributed by atoms with Crippen molar-refractivity contribution >= 4 is 17.8 Å². The van der Waals surface area contributed by atoms with Crippen LogP contribution in [0, 0.1) is 0 Å². The Morgan fingerprint density at radius 3 is 2.33 bits per heavy atom. The average molecular weight is 413 g/mol. The number of hydrogen-bond donors (Lipinski definition) is 0. The standard InChI is InChI=1S/C22H27N3O5/c1-27-19-9-7-18(8-10-19)24-11-13-25(14-12-24)21(26)16-30-23-15-17-5-4-6-20(28-2)22(17)29-3/h4-10,15H,11-14,16H2,1-3H3/b23-15-. The van der Waals surface area contributed by atoms with Crippen LogP contribution < -0.4 is 19.1 Å². The van der Waals surface area contributed by atoms with E-state index in [9.17, 15) is 4.79 Å². The predicted molar refractivity (Wildman–Crippen MR) is 115 cm³/mol. The molecule has 0 aromatic heterocycles. The van der Waals surface area contributed by atoms with Crippen LogP contribution in [0.5, 0.6) is 17.2 Å². The van der Waals surface area contributed by atoms with E-state index in [0.717, 1.165) is 24.5 Å². The van der Waals surface area contributed by atoms with Crippen molar-refractivity contribution in [2.24, 2.45) is 5.16 Å². The topological polar surface area (TPSA) is 72.8 Å². The fourth-order valence-corrected chi connectivity index (χ4v) is 3.30. The van der Waals surface area contributed by atoms with Crippen LogP contribution in [0.3, 0.4) is 0 Å². The molecule has 1 amide bonds. The van der Waals surface area contributed by atoms with E-state index in [1.165, 1.54) is 6.21 Å². The maximum atomic E-state index is 12.4. The lowest BCUT2D eigenvalue weighted by molar-refractivity contribution is -0.136. The second-order valence-electron chi connectivity index (χ2n) is 6.66. The van der Waals surface area contributed by atoms with Gasteiger partial charge in [-0.1, -0.05) is 11.2 Å². The number of ether oxygens (including phenoxy) is 3. The first-order chi connectivity index (χ1) is 14.7. The highest BCUT2D eigenvalue weighted by molar-refractivity contribution is 5.85. The molecule has 30 heavy (non-hydrogen) atoms. The molecule has 0 radical (unpaired) electrons. The summed E-state index contributed by atoms with van der Waals surface area (Å²) in [5, 5.41) is 3.91. The number of carbonyl (C=O) groups is 1. The Morgan fingerprint density at radius 1 is 0.967 bits per heavy atom. The van der Waals surface area contributed by atoms with Crippen LogP contribution in [0.1, 0.15) is 5.56 Å². The van der Waals surface area contributed by atoms with Crippen LogP contribution in [-0.4, -0.2) is 71.1 Å². The molecule has 3 rings (SSSR count). The molecule has 0 N–H and O–H groups in total. The number of benzene rings is 2. The monoisotopic (exact) mass is 413 g/mol. The largest absolute Gasteiger partial charge is 0.497 e. The number of nitrogens with zero attached hydrogens (tertiary/aromatic N) is 3. The summed E-state index contributed by atoms with van der Waals surface area (Å²) in [6.45, 7) is 2.71. The third kappa shape index (κ3) is 5.14. The minimum Gasteiger partial charge on any atom is -0.497 e. The molecule has 1 aliphatic heterocycles. The molecule has 0 bridgehead atoms. The van der Waals surface area contributed by atoms with E-state index in [1.807, 2.05) is 36.4 Å². The van der Waals surface area contributed by atoms with Gasteiger partial charge in [0.2, 0.25) is 0 Å². The molecule has 0 atom stereocenters. The van der Waals surface area contributed by atoms with Gasteiger partial charge >= 0.3 is 0 Å². The molecule has 0 spiro atoms. The van der Waals surface area contributed by atoms with Crippen molar-refractivity contribution in [1.82, 2.24) is 4.90 Å². The zero-order valence-electron chi connectivity index (χ0n) is 17.5. The lowest BCUT2D eigenvalue weighted by Gasteiger charge is -2.35. The maximum Gasteiger partial charge on any atom is 0.263 e. The van der Waals surface area contributed by atoms with Gasteiger partial charge in [0.05, 0.1) is 27.5 Å². The molecule has 0 unspecified atom stereocenters. The van der Waals surface area contributed by atoms with Crippen molar-refractivity contribution < 1.29 is 23.8 Å². The van der Waals surface area contributed by atoms with Crippen molar-refractivity contribution in [1.29, 1.82) is 0 Å². The zero-order chi connectivity index (χ0) is 21.3. The van der Waals surface area contributed by atoms with E-state index in [0.29, 0.717) is 30.2 Å². The van der Waals surface area contributed by atoms with Gasteiger partial charge in [-0.25, -0.2) is 0 Å². The highest BCUT2D eigenvalue weighted by atomic mass is 16.6. The first-order valence-electron chi connectivity index (χ1n) is 9.69. The molecule has 0 saturated carbocycles. The molecule has 2 aromatic rings. The van der Waals surface area contributed by atoms with E-state index >= 15 is 0 Å². The van der Waals surface area contributed by atoms with Gasteiger partial charge in [-0.15, -0.1) is 0 Å². The van der Waals surface area contributed by atoms with Gasteiger partial charge in [-0.3, -0.25) is 4.79 Å². The van der Waals surface area contributed by atoms with Gasteiger partial charge in [-0.05, 0) is 36.4 Å². The van der Waals surface area contributed by atoms with Gasteiger partial charge in [-0.2, -0.15) is 0 Å². The van der Waals surface area contributed by atoms with Crippen LogP contribution in [0.25, 0.3) is 0 Å². The molecule has 1 saturated heterocycles. The van der Waals surface area contributed by atoms with Crippen LogP contribution in [0.2, 0.25) is 0 Å². The van der Waals surface area contributed by atoms with Crippen LogP contribution >= 0.6 is 0 Å². The number of methoxy groups -OCH3 is 3. The van der Waals surface area contributed by atoms with E-state index < -0.39 is 0 Å². The van der Waals surface area contributed by atoms with Crippen molar-refractivity contribution in [3.8, 4) is 17.2 Å². The minimum absolute atomic E-state index is 0.0841. The van der Waals surface area contributed by atoms with Crippen molar-refractivity contribution in [2.75, 3.05) is 59.0 Å². The van der Waals surface area contributed by atoms with E-state index in [2.05, 4.69) is 10.1 Å². The number of carbonyl (C=O) groups excluding carboxylic acids is 1. The molecule has 8 nitrogen and oxygen atoms in total. The van der Waals surface area contributed by atoms with Crippen LogP contribution in [0.4, 0.5) is 5.69 Å². The first kappa shape index (κ1) is 21.3. The van der Waals surface area contributed by atoms with Crippen LogP contribution in [-0.2, 0) is 9.63 Å². The number of amides is 1. The Labute approximate surface area is 176 Å². The molecule has 8 heteroatoms. The zero-order valence-corrected chi connectivity index (χ0v) is 17.5. The fourth-order valence-electron chi connectivity index (χ4n) is 3.30. The predicted octanol–water partition coefficient (Wildman–Crippen LogP) is 2.41. The van der Waals surface area contributed by atoms with E-state index in [1.54, 1.807) is 32.3 Å². The van der Waals surface area contributed by atoms with Gasteiger partial charge in [0, 0.05) is 37.4 Å². The molecule has 1 fully saturated rings. The lowest BCUT2D eigenvalue weighted by atomic mass is 10.2. The summed E-state index contributed by atoms with van der Waals surface area (Å²) >= 11 is 0. The van der Waals surface area contributed by atoms with Gasteiger partial charge in [0.1, 0.15) is 5.75 Å². The number of anilines is 1. The van der Waals surface area contributed by atoms with E-state index in [-0.39, 0.29) is 12.5 Å². The second kappa shape index (κ2) is 10.4. The first-order valence-corrected chi connectivity index (χ1v) is 9.69. The average Bonchev–Trinajstić information content (AvgIpc) is 2.81. The molecule has 160 valence electrons. The maximum absolute atomic E-state index is 12.4. The number of rotatable bonds is 8.